The molecule has 0 aliphatic rings. The van der Waals surface area contributed by atoms with Crippen LogP contribution in [0.3, 0.4) is 0 Å². The monoisotopic (exact) mass is 295 g/mol. The Bertz CT molecular complexity index is 595. The molecule has 0 fully saturated rings. The number of benzene rings is 1. The van der Waals surface area contributed by atoms with Gasteiger partial charge in [-0.25, -0.2) is 4.79 Å². The lowest BCUT2D eigenvalue weighted by molar-refractivity contribution is 0.0600. The molecule has 2 aromatic rings. The highest BCUT2D eigenvalue weighted by molar-refractivity contribution is 7.10. The second-order valence-electron chi connectivity index (χ2n) is 4.05. The van der Waals surface area contributed by atoms with Crippen LogP contribution < -0.4 is 5.32 Å². The van der Waals surface area contributed by atoms with Crippen LogP contribution in [0.25, 0.3) is 0 Å². The normalized spacial score (nSPS) is 10.3. The van der Waals surface area contributed by atoms with E-state index in [-0.39, 0.29) is 5.97 Å². The Morgan fingerprint density at radius 1 is 1.47 bits per heavy atom. The van der Waals surface area contributed by atoms with Gasteiger partial charge in [0.15, 0.2) is 0 Å². The molecule has 0 amide bonds. The Labute approximate surface area is 121 Å². The Hall–Kier alpha value is -1.52. The van der Waals surface area contributed by atoms with Crippen molar-refractivity contribution >= 4 is 34.6 Å². The predicted octanol–water partition coefficient (Wildman–Crippen LogP) is 4.11. The number of rotatable bonds is 4. The van der Waals surface area contributed by atoms with Crippen molar-refractivity contribution in [1.82, 2.24) is 0 Å². The van der Waals surface area contributed by atoms with E-state index in [9.17, 15) is 4.79 Å². The maximum absolute atomic E-state index is 11.6. The number of carbonyl (C=O) groups is 1. The van der Waals surface area contributed by atoms with Gasteiger partial charge in [0, 0.05) is 22.5 Å². The van der Waals surface area contributed by atoms with Crippen LogP contribution in [-0.2, 0) is 11.3 Å². The predicted molar refractivity (Wildman–Crippen MR) is 79.2 cm³/mol. The number of hydrogen-bond donors (Lipinski definition) is 1. The highest BCUT2D eigenvalue weighted by atomic mass is 35.5. The van der Waals surface area contributed by atoms with Gasteiger partial charge in [0.05, 0.1) is 17.7 Å². The minimum absolute atomic E-state index is 0.319. The van der Waals surface area contributed by atoms with E-state index in [4.69, 9.17) is 16.3 Å². The van der Waals surface area contributed by atoms with E-state index in [1.807, 2.05) is 30.5 Å². The highest BCUT2D eigenvalue weighted by Crippen LogP contribution is 2.23. The number of methoxy groups -OCH3 is 1. The van der Waals surface area contributed by atoms with Crippen molar-refractivity contribution in [3.8, 4) is 0 Å². The molecule has 19 heavy (non-hydrogen) atoms. The Morgan fingerprint density at radius 2 is 2.26 bits per heavy atom. The van der Waals surface area contributed by atoms with Crippen molar-refractivity contribution in [3.05, 3.63) is 50.7 Å². The average molecular weight is 296 g/mol. The first-order valence-electron chi connectivity index (χ1n) is 5.76. The molecule has 0 atom stereocenters. The van der Waals surface area contributed by atoms with Crippen LogP contribution in [0.4, 0.5) is 5.69 Å². The minimum atomic E-state index is -0.319. The molecule has 1 aromatic carbocycles. The van der Waals surface area contributed by atoms with Crippen molar-refractivity contribution < 1.29 is 9.53 Å². The van der Waals surface area contributed by atoms with E-state index >= 15 is 0 Å². The fourth-order valence-electron chi connectivity index (χ4n) is 1.79. The summed E-state index contributed by atoms with van der Waals surface area (Å²) in [4.78, 5) is 12.7. The third-order valence-electron chi connectivity index (χ3n) is 2.81. The number of halogens is 1. The van der Waals surface area contributed by atoms with Gasteiger partial charge < -0.3 is 10.1 Å². The van der Waals surface area contributed by atoms with Gasteiger partial charge in [-0.2, -0.15) is 0 Å². The summed E-state index contributed by atoms with van der Waals surface area (Å²) in [6.07, 6.45) is 0. The lowest BCUT2D eigenvalue weighted by Crippen LogP contribution is -2.07. The summed E-state index contributed by atoms with van der Waals surface area (Å²) in [6.45, 7) is 2.58. The van der Waals surface area contributed by atoms with Gasteiger partial charge in [-0.3, -0.25) is 0 Å². The third kappa shape index (κ3) is 3.28. The summed E-state index contributed by atoms with van der Waals surface area (Å²) in [5, 5.41) is 5.96. The molecule has 0 spiro atoms. The lowest BCUT2D eigenvalue weighted by Gasteiger charge is -2.11. The smallest absolute Gasteiger partial charge is 0.338 e. The summed E-state index contributed by atoms with van der Waals surface area (Å²) in [5.74, 6) is -0.319. The first-order chi connectivity index (χ1) is 9.11. The largest absolute Gasteiger partial charge is 0.465 e. The van der Waals surface area contributed by atoms with Gasteiger partial charge in [-0.05, 0) is 30.7 Å². The number of anilines is 1. The molecular formula is C14H14ClNO2S. The molecule has 0 aliphatic heterocycles. The van der Waals surface area contributed by atoms with Crippen molar-refractivity contribution in [2.24, 2.45) is 0 Å². The van der Waals surface area contributed by atoms with Gasteiger partial charge in [0.25, 0.3) is 0 Å². The van der Waals surface area contributed by atoms with Crippen molar-refractivity contribution in [2.75, 3.05) is 12.4 Å². The highest BCUT2D eigenvalue weighted by Gasteiger charge is 2.11. The van der Waals surface area contributed by atoms with Crippen LogP contribution in [0, 0.1) is 6.92 Å². The van der Waals surface area contributed by atoms with Gasteiger partial charge in [0.2, 0.25) is 0 Å². The van der Waals surface area contributed by atoms with E-state index in [2.05, 4.69) is 5.32 Å². The van der Waals surface area contributed by atoms with Crippen LogP contribution in [0.2, 0.25) is 5.02 Å². The van der Waals surface area contributed by atoms with Crippen LogP contribution in [0.5, 0.6) is 0 Å². The molecule has 2 rings (SSSR count). The first kappa shape index (κ1) is 13.9. The van der Waals surface area contributed by atoms with Crippen LogP contribution in [-0.4, -0.2) is 13.1 Å². The molecule has 0 saturated carbocycles. The zero-order chi connectivity index (χ0) is 13.8. The molecule has 1 aromatic heterocycles. The Kier molecular flexibility index (Phi) is 4.45. The van der Waals surface area contributed by atoms with Gasteiger partial charge >= 0.3 is 5.97 Å². The minimum Gasteiger partial charge on any atom is -0.465 e. The number of nitrogens with one attached hydrogen (secondary N) is 1. The molecule has 3 nitrogen and oxygen atoms in total. The molecule has 0 bridgehead atoms. The summed E-state index contributed by atoms with van der Waals surface area (Å²) in [6, 6.07) is 7.47. The average Bonchev–Trinajstić information content (AvgIpc) is 2.82. The lowest BCUT2D eigenvalue weighted by atomic mass is 10.1. The second kappa shape index (κ2) is 6.08. The zero-order valence-corrected chi connectivity index (χ0v) is 12.3. The molecular weight excluding hydrogens is 282 g/mol. The Balaban J connectivity index is 2.14. The maximum atomic E-state index is 11.6. The third-order valence-corrected chi connectivity index (χ3v) is 4.10. The number of hydrogen-bond acceptors (Lipinski definition) is 4. The molecule has 1 heterocycles. The van der Waals surface area contributed by atoms with Gasteiger partial charge in [0.1, 0.15) is 0 Å². The van der Waals surface area contributed by atoms with Crippen molar-refractivity contribution in [2.45, 2.75) is 13.5 Å². The summed E-state index contributed by atoms with van der Waals surface area (Å²) >= 11 is 7.48. The van der Waals surface area contributed by atoms with Crippen LogP contribution in [0.15, 0.2) is 29.6 Å². The fraction of sp³-hybridized carbons (Fsp3) is 0.214. The van der Waals surface area contributed by atoms with Gasteiger partial charge in [-0.1, -0.05) is 17.7 Å². The van der Waals surface area contributed by atoms with Crippen molar-refractivity contribution in [1.29, 1.82) is 0 Å². The molecule has 1 N–H and O–H groups in total. The van der Waals surface area contributed by atoms with Gasteiger partial charge in [-0.15, -0.1) is 11.3 Å². The first-order valence-corrected chi connectivity index (χ1v) is 7.02. The van der Waals surface area contributed by atoms with E-state index in [0.717, 1.165) is 21.2 Å². The van der Waals surface area contributed by atoms with Crippen LogP contribution >= 0.6 is 22.9 Å². The molecule has 5 heteroatoms. The van der Waals surface area contributed by atoms with E-state index < -0.39 is 0 Å². The molecule has 0 saturated heterocycles. The number of thiophene rings is 1. The fourth-order valence-corrected chi connectivity index (χ4v) is 2.80. The quantitative estimate of drug-likeness (QED) is 0.863. The summed E-state index contributed by atoms with van der Waals surface area (Å²) < 4.78 is 4.76. The number of esters is 1. The van der Waals surface area contributed by atoms with Crippen molar-refractivity contribution in [3.63, 3.8) is 0 Å². The molecule has 0 radical (unpaired) electrons. The summed E-state index contributed by atoms with van der Waals surface area (Å²) in [7, 11) is 1.38. The second-order valence-corrected chi connectivity index (χ2v) is 5.49. The maximum Gasteiger partial charge on any atom is 0.338 e. The molecule has 0 aliphatic carbocycles. The topological polar surface area (TPSA) is 38.3 Å². The standard InChI is InChI=1S/C14H14ClNO2S/c1-9-12(14(17)18-2)4-3-5-13(9)16-7-11-6-10(15)8-19-11/h3-6,8,16H,7H2,1-2H3. The number of carbonyl (C=O) groups excluding carboxylic acids is 1. The SMILES string of the molecule is COC(=O)c1cccc(NCc2cc(Cl)cs2)c1C. The van der Waals surface area contributed by atoms with E-state index in [0.29, 0.717) is 12.1 Å². The van der Waals surface area contributed by atoms with Crippen LogP contribution in [0.1, 0.15) is 20.8 Å². The Morgan fingerprint density at radius 3 is 2.89 bits per heavy atom. The van der Waals surface area contributed by atoms with E-state index in [1.165, 1.54) is 7.11 Å². The van der Waals surface area contributed by atoms with E-state index in [1.54, 1.807) is 17.4 Å². The molecule has 100 valence electrons. The zero-order valence-electron chi connectivity index (χ0n) is 10.7. The number of ether oxygens (including phenoxy) is 1. The summed E-state index contributed by atoms with van der Waals surface area (Å²) in [5.41, 5.74) is 2.39. The molecule has 0 unspecified atom stereocenters.